The molecule has 0 aliphatic carbocycles. The Balaban J connectivity index is 1.56. The van der Waals surface area contributed by atoms with Gasteiger partial charge in [0, 0.05) is 24.1 Å². The molecule has 238 valence electrons. The number of nitrogens with two attached hydrogens (primary N) is 1. The van der Waals surface area contributed by atoms with Crippen LogP contribution in [0.5, 0.6) is 0 Å². The second kappa shape index (κ2) is 11.7. The van der Waals surface area contributed by atoms with Gasteiger partial charge in [0.25, 0.3) is 5.91 Å². The average Bonchev–Trinajstić information content (AvgIpc) is 3.40. The Morgan fingerprint density at radius 2 is 1.78 bits per heavy atom. The Kier molecular flexibility index (Phi) is 8.28. The number of rotatable bonds is 8. The zero-order valence-electron chi connectivity index (χ0n) is 22.8. The second-order valence-electron chi connectivity index (χ2n) is 10.3. The number of hydrogen-bond donors (Lipinski definition) is 4. The summed E-state index contributed by atoms with van der Waals surface area (Å²) in [6, 6.07) is 7.03. The highest BCUT2D eigenvalue weighted by molar-refractivity contribution is 8.23. The van der Waals surface area contributed by atoms with E-state index >= 15 is 0 Å². The first-order valence-electron chi connectivity index (χ1n) is 13.0. The van der Waals surface area contributed by atoms with Crippen molar-refractivity contribution in [2.75, 3.05) is 0 Å². The van der Waals surface area contributed by atoms with Gasteiger partial charge in [-0.15, -0.1) is 0 Å². The van der Waals surface area contributed by atoms with Gasteiger partial charge in [-0.25, -0.2) is 13.2 Å². The lowest BCUT2D eigenvalue weighted by Gasteiger charge is -2.26. The number of halogens is 6. The maximum atomic E-state index is 14.2. The van der Waals surface area contributed by atoms with E-state index in [2.05, 4.69) is 10.4 Å². The Bertz CT molecular complexity index is 1810. The third-order valence-electron chi connectivity index (χ3n) is 7.04. The lowest BCUT2D eigenvalue weighted by molar-refractivity contribution is -0.615. The van der Waals surface area contributed by atoms with Crippen molar-refractivity contribution in [2.45, 2.75) is 36.7 Å². The van der Waals surface area contributed by atoms with Crippen LogP contribution in [0.4, 0.5) is 26.3 Å². The minimum atomic E-state index is -4.96. The highest BCUT2D eigenvalue weighted by atomic mass is 32.3. The van der Waals surface area contributed by atoms with Crippen LogP contribution in [0.25, 0.3) is 11.1 Å². The SMILES string of the molecule is NC(=O)c1cc(-c2ccc[n+]([O-])c2C(Cc2cc(F)cc(F)c2)NC(=O)Cn2nc(C(F)(F)F)c3c2CS(O)(O)C3)ccc1F. The van der Waals surface area contributed by atoms with Gasteiger partial charge in [-0.2, -0.15) is 33.6 Å². The van der Waals surface area contributed by atoms with Crippen LogP contribution >= 0.6 is 10.6 Å². The molecule has 2 aromatic heterocycles. The van der Waals surface area contributed by atoms with E-state index in [1.54, 1.807) is 0 Å². The Morgan fingerprint density at radius 3 is 2.42 bits per heavy atom. The van der Waals surface area contributed by atoms with Crippen molar-refractivity contribution in [2.24, 2.45) is 5.73 Å². The van der Waals surface area contributed by atoms with Gasteiger partial charge in [0.05, 0.1) is 28.3 Å². The first-order chi connectivity index (χ1) is 21.0. The number of pyridine rings is 1. The summed E-state index contributed by atoms with van der Waals surface area (Å²) in [6.07, 6.45) is -4.32. The lowest BCUT2D eigenvalue weighted by Crippen LogP contribution is -2.42. The number of amides is 2. The average molecular weight is 656 g/mol. The number of hydrogen-bond acceptors (Lipinski definition) is 6. The summed E-state index contributed by atoms with van der Waals surface area (Å²) in [4.78, 5) is 25.1. The maximum absolute atomic E-state index is 14.2. The standard InChI is InChI=1S/C28H23F6N5O5S/c29-16-6-14(7-17(30)10-16)8-22(25-18(2-1-5-39(25)42)15-3-4-21(31)19(9-15)27(35)41)36-24(40)11-38-23-13-45(43,44)12-20(23)26(37-38)28(32,33)34/h1-7,9-10,22,43-44H,8,11-13H2,(H2,35,41)(H,36,40). The number of aromatic nitrogens is 3. The molecule has 0 bridgehead atoms. The summed E-state index contributed by atoms with van der Waals surface area (Å²) in [5.74, 6) is -6.24. The fourth-order valence-electron chi connectivity index (χ4n) is 5.23. The lowest BCUT2D eigenvalue weighted by atomic mass is 9.94. The molecule has 2 amide bonds. The van der Waals surface area contributed by atoms with Crippen LogP contribution in [-0.4, -0.2) is 30.7 Å². The number of alkyl halides is 3. The van der Waals surface area contributed by atoms with Crippen molar-refractivity contribution in [3.63, 3.8) is 0 Å². The van der Waals surface area contributed by atoms with Gasteiger partial charge in [-0.1, -0.05) is 6.07 Å². The van der Waals surface area contributed by atoms with Crippen molar-refractivity contribution in [3.8, 4) is 11.1 Å². The van der Waals surface area contributed by atoms with Gasteiger partial charge in [0.1, 0.15) is 30.0 Å². The van der Waals surface area contributed by atoms with E-state index in [0.29, 0.717) is 15.5 Å². The topological polar surface area (TPSA) is 157 Å². The van der Waals surface area contributed by atoms with E-state index in [1.807, 2.05) is 0 Å². The minimum absolute atomic E-state index is 0.0159. The van der Waals surface area contributed by atoms with Gasteiger partial charge in [-0.3, -0.25) is 23.4 Å². The van der Waals surface area contributed by atoms with Crippen molar-refractivity contribution in [1.29, 1.82) is 0 Å². The highest BCUT2D eigenvalue weighted by Crippen LogP contribution is 2.55. The number of benzene rings is 2. The molecule has 2 aromatic carbocycles. The molecule has 5 N–H and O–H groups in total. The third kappa shape index (κ3) is 6.74. The molecule has 1 atom stereocenters. The monoisotopic (exact) mass is 655 g/mol. The molecule has 0 spiro atoms. The molecule has 10 nitrogen and oxygen atoms in total. The largest absolute Gasteiger partial charge is 0.618 e. The van der Waals surface area contributed by atoms with E-state index in [-0.39, 0.29) is 28.1 Å². The zero-order chi connectivity index (χ0) is 32.8. The minimum Gasteiger partial charge on any atom is -0.618 e. The molecule has 0 radical (unpaired) electrons. The molecule has 0 saturated heterocycles. The molecule has 4 aromatic rings. The molecular weight excluding hydrogens is 632 g/mol. The van der Waals surface area contributed by atoms with E-state index in [0.717, 1.165) is 30.5 Å². The molecule has 5 rings (SSSR count). The van der Waals surface area contributed by atoms with Gasteiger partial charge >= 0.3 is 6.18 Å². The molecule has 0 fully saturated rings. The Hall–Kier alpha value is -4.61. The van der Waals surface area contributed by atoms with Crippen molar-refractivity contribution >= 4 is 22.4 Å². The summed E-state index contributed by atoms with van der Waals surface area (Å²) in [7, 11) is -3.44. The van der Waals surface area contributed by atoms with Crippen LogP contribution in [0.3, 0.4) is 0 Å². The number of carbonyl (C=O) groups is 2. The summed E-state index contributed by atoms with van der Waals surface area (Å²) < 4.78 is 105. The first-order valence-corrected chi connectivity index (χ1v) is 14.9. The highest BCUT2D eigenvalue weighted by Gasteiger charge is 2.44. The Labute approximate surface area is 252 Å². The summed E-state index contributed by atoms with van der Waals surface area (Å²) in [5.41, 5.74) is 2.65. The molecular formula is C28H23F6N5O5S. The molecule has 1 aliphatic rings. The van der Waals surface area contributed by atoms with E-state index < -0.39 is 93.4 Å². The number of nitrogens with zero attached hydrogens (tertiary/aromatic N) is 3. The number of nitrogens with one attached hydrogen (secondary N) is 1. The van der Waals surface area contributed by atoms with Crippen molar-refractivity contribution in [3.05, 3.63) is 111 Å². The second-order valence-corrected chi connectivity index (χ2v) is 12.5. The molecule has 3 heterocycles. The van der Waals surface area contributed by atoms with Gasteiger partial charge in [0.15, 0.2) is 11.9 Å². The van der Waals surface area contributed by atoms with E-state index in [9.17, 15) is 50.2 Å². The first kappa shape index (κ1) is 31.8. The third-order valence-corrected chi connectivity index (χ3v) is 8.53. The predicted molar refractivity (Wildman–Crippen MR) is 148 cm³/mol. The molecule has 1 aliphatic heterocycles. The predicted octanol–water partition coefficient (Wildman–Crippen LogP) is 4.58. The summed E-state index contributed by atoms with van der Waals surface area (Å²) in [6.45, 7) is -0.856. The van der Waals surface area contributed by atoms with Crippen LogP contribution in [0.2, 0.25) is 0 Å². The summed E-state index contributed by atoms with van der Waals surface area (Å²) in [5, 5.41) is 19.2. The number of primary amides is 1. The fraction of sp³-hybridized carbons (Fsp3) is 0.214. The van der Waals surface area contributed by atoms with E-state index in [1.165, 1.54) is 18.2 Å². The zero-order valence-corrected chi connectivity index (χ0v) is 23.6. The van der Waals surface area contributed by atoms with Gasteiger partial charge in [-0.05, 0) is 41.5 Å². The van der Waals surface area contributed by atoms with Crippen molar-refractivity contribution < 1.29 is 49.8 Å². The van der Waals surface area contributed by atoms with Crippen LogP contribution in [0.1, 0.15) is 44.6 Å². The summed E-state index contributed by atoms with van der Waals surface area (Å²) >= 11 is 0. The van der Waals surface area contributed by atoms with E-state index in [4.69, 9.17) is 5.73 Å². The van der Waals surface area contributed by atoms with Gasteiger partial charge in [0.2, 0.25) is 11.6 Å². The quantitative estimate of drug-likeness (QED) is 0.124. The van der Waals surface area contributed by atoms with Crippen LogP contribution in [0.15, 0.2) is 54.7 Å². The van der Waals surface area contributed by atoms with Crippen molar-refractivity contribution in [1.82, 2.24) is 15.1 Å². The number of carbonyl (C=O) groups excluding carboxylic acids is 2. The molecule has 17 heteroatoms. The van der Waals surface area contributed by atoms with Crippen LogP contribution < -0.4 is 15.8 Å². The molecule has 1 unspecified atom stereocenters. The maximum Gasteiger partial charge on any atom is 0.435 e. The van der Waals surface area contributed by atoms with Crippen LogP contribution in [0, 0.1) is 22.7 Å². The fourth-order valence-corrected chi connectivity index (χ4v) is 6.86. The van der Waals surface area contributed by atoms with Gasteiger partial charge < -0.3 is 16.3 Å². The Morgan fingerprint density at radius 1 is 1.09 bits per heavy atom. The molecule has 0 saturated carbocycles. The molecule has 45 heavy (non-hydrogen) atoms. The smallest absolute Gasteiger partial charge is 0.435 e. The van der Waals surface area contributed by atoms with Crippen LogP contribution in [-0.2, 0) is 35.4 Å². The normalized spacial score (nSPS) is 15.4. The number of fused-ring (bicyclic) bond motifs is 1.